The third kappa shape index (κ3) is 7.21. The Morgan fingerprint density at radius 3 is 2.58 bits per heavy atom. The zero-order valence-corrected chi connectivity index (χ0v) is 20.1. The van der Waals surface area contributed by atoms with Gasteiger partial charge in [0.05, 0.1) is 17.6 Å². The van der Waals surface area contributed by atoms with Crippen LogP contribution in [0.25, 0.3) is 0 Å². The van der Waals surface area contributed by atoms with Gasteiger partial charge in [-0.2, -0.15) is 0 Å². The smallest absolute Gasteiger partial charge is 0.257 e. The van der Waals surface area contributed by atoms with Crippen LogP contribution in [-0.2, 0) is 29.6 Å². The Hall–Kier alpha value is -2.12. The minimum Gasteiger partial charge on any atom is -0.378 e. The van der Waals surface area contributed by atoms with Crippen molar-refractivity contribution >= 4 is 17.7 Å². The van der Waals surface area contributed by atoms with Crippen LogP contribution in [0.2, 0.25) is 0 Å². The minimum absolute atomic E-state index is 0.00343. The molecule has 2 aromatic rings. The molecular formula is C24H35N3O3S. The normalized spacial score (nSPS) is 13.1. The lowest BCUT2D eigenvalue weighted by Crippen LogP contribution is -2.39. The van der Waals surface area contributed by atoms with Gasteiger partial charge in [-0.05, 0) is 25.3 Å². The Labute approximate surface area is 189 Å². The number of hydrogen-bond donors (Lipinski definition) is 1. The third-order valence-electron chi connectivity index (χ3n) is 5.29. The molecule has 2 unspecified atom stereocenters. The van der Waals surface area contributed by atoms with Crippen molar-refractivity contribution in [2.45, 2.75) is 75.9 Å². The highest BCUT2D eigenvalue weighted by atomic mass is 32.2. The first kappa shape index (κ1) is 25.1. The number of hydrogen-bond acceptors (Lipinski definition) is 5. The van der Waals surface area contributed by atoms with E-state index in [2.05, 4.69) is 12.2 Å². The lowest BCUT2D eigenvalue weighted by molar-refractivity contribution is -0.121. The van der Waals surface area contributed by atoms with Crippen molar-refractivity contribution in [1.82, 2.24) is 14.9 Å². The molecule has 170 valence electrons. The van der Waals surface area contributed by atoms with Crippen molar-refractivity contribution in [3.8, 4) is 0 Å². The molecule has 0 aliphatic rings. The Balaban J connectivity index is 2.37. The average Bonchev–Trinajstić information content (AvgIpc) is 2.77. The fraction of sp³-hybridized carbons (Fsp3) is 0.542. The number of carbonyl (C=O) groups is 1. The first-order valence-corrected chi connectivity index (χ1v) is 11.9. The van der Waals surface area contributed by atoms with Crippen LogP contribution in [0.1, 0.15) is 63.3 Å². The van der Waals surface area contributed by atoms with Crippen molar-refractivity contribution in [3.63, 3.8) is 0 Å². The molecule has 0 aliphatic carbocycles. The van der Waals surface area contributed by atoms with Crippen LogP contribution in [0.5, 0.6) is 0 Å². The summed E-state index contributed by atoms with van der Waals surface area (Å²) in [4.78, 5) is 30.9. The van der Waals surface area contributed by atoms with E-state index in [-0.39, 0.29) is 29.4 Å². The van der Waals surface area contributed by atoms with Gasteiger partial charge in [-0.3, -0.25) is 14.2 Å². The van der Waals surface area contributed by atoms with Crippen LogP contribution >= 0.6 is 11.8 Å². The van der Waals surface area contributed by atoms with E-state index in [0.717, 1.165) is 31.2 Å². The third-order valence-corrected chi connectivity index (χ3v) is 6.60. The van der Waals surface area contributed by atoms with E-state index in [4.69, 9.17) is 9.72 Å². The van der Waals surface area contributed by atoms with Gasteiger partial charge in [-0.1, -0.05) is 68.8 Å². The fourth-order valence-corrected chi connectivity index (χ4v) is 4.33. The lowest BCUT2D eigenvalue weighted by Gasteiger charge is -2.21. The number of thioether (sulfide) groups is 1. The highest BCUT2D eigenvalue weighted by molar-refractivity contribution is 8.00. The molecule has 0 spiro atoms. The maximum atomic E-state index is 13.2. The summed E-state index contributed by atoms with van der Waals surface area (Å²) >= 11 is 1.37. The summed E-state index contributed by atoms with van der Waals surface area (Å²) in [5, 5.41) is 3.34. The molecule has 0 saturated heterocycles. The standard InChI is InChI=1S/C24H35N3O3S/c1-6-8-14-21(22(28)25-17(3)7-2)31-24-26-20(16-30-5)19(23(29)27(24)4)15-18-12-10-9-11-13-18/h9-13,17,21H,6-8,14-16H2,1-5H3,(H,25,28). The molecule has 0 radical (unpaired) electrons. The number of nitrogens with zero attached hydrogens (tertiary/aromatic N) is 2. The average molecular weight is 446 g/mol. The SMILES string of the molecule is CCCCC(Sc1nc(COC)c(Cc2ccccc2)c(=O)n1C)C(=O)NC(C)CC. The molecule has 0 saturated carbocycles. The Bertz CT molecular complexity index is 899. The second kappa shape index (κ2) is 12.7. The van der Waals surface area contributed by atoms with Gasteiger partial charge in [0.2, 0.25) is 5.91 Å². The summed E-state index contributed by atoms with van der Waals surface area (Å²) in [5.41, 5.74) is 2.22. The quantitative estimate of drug-likeness (QED) is 0.394. The number of ether oxygens (including phenoxy) is 1. The summed E-state index contributed by atoms with van der Waals surface area (Å²) in [5.74, 6) is 0.00343. The minimum atomic E-state index is -0.289. The predicted octanol–water partition coefficient (Wildman–Crippen LogP) is 4.08. The topological polar surface area (TPSA) is 73.2 Å². The highest BCUT2D eigenvalue weighted by Crippen LogP contribution is 2.26. The number of carbonyl (C=O) groups excluding carboxylic acids is 1. The molecule has 1 heterocycles. The molecule has 0 fully saturated rings. The van der Waals surface area contributed by atoms with Gasteiger partial charge in [0.25, 0.3) is 5.56 Å². The van der Waals surface area contributed by atoms with Crippen LogP contribution in [0, 0.1) is 0 Å². The molecule has 0 bridgehead atoms. The van der Waals surface area contributed by atoms with Crippen LogP contribution in [-0.4, -0.2) is 33.9 Å². The van der Waals surface area contributed by atoms with Crippen LogP contribution in [0.3, 0.4) is 0 Å². The first-order chi connectivity index (χ1) is 14.9. The summed E-state index contributed by atoms with van der Waals surface area (Å²) in [7, 11) is 3.33. The van der Waals surface area contributed by atoms with Gasteiger partial charge >= 0.3 is 0 Å². The molecular weight excluding hydrogens is 410 g/mol. The largest absolute Gasteiger partial charge is 0.378 e. The van der Waals surface area contributed by atoms with E-state index in [1.165, 1.54) is 11.8 Å². The van der Waals surface area contributed by atoms with Crippen molar-refractivity contribution in [3.05, 3.63) is 57.5 Å². The van der Waals surface area contributed by atoms with E-state index in [1.807, 2.05) is 44.2 Å². The number of nitrogens with one attached hydrogen (secondary N) is 1. The van der Waals surface area contributed by atoms with Crippen LogP contribution < -0.4 is 10.9 Å². The Morgan fingerprint density at radius 2 is 1.97 bits per heavy atom. The predicted molar refractivity (Wildman–Crippen MR) is 127 cm³/mol. The van der Waals surface area contributed by atoms with Gasteiger partial charge < -0.3 is 10.1 Å². The maximum Gasteiger partial charge on any atom is 0.257 e. The Morgan fingerprint density at radius 1 is 1.26 bits per heavy atom. The Kier molecular flexibility index (Phi) is 10.3. The molecule has 2 rings (SSSR count). The van der Waals surface area contributed by atoms with Crippen LogP contribution in [0.15, 0.2) is 40.3 Å². The molecule has 31 heavy (non-hydrogen) atoms. The van der Waals surface area contributed by atoms with Crippen LogP contribution in [0.4, 0.5) is 0 Å². The van der Waals surface area contributed by atoms with Crippen molar-refractivity contribution in [2.75, 3.05) is 7.11 Å². The molecule has 1 amide bonds. The van der Waals surface area contributed by atoms with E-state index in [0.29, 0.717) is 22.8 Å². The second-order valence-electron chi connectivity index (χ2n) is 7.85. The molecule has 1 aromatic carbocycles. The van der Waals surface area contributed by atoms with Crippen molar-refractivity contribution in [2.24, 2.45) is 7.05 Å². The molecule has 0 aliphatic heterocycles. The summed E-state index contributed by atoms with van der Waals surface area (Å²) < 4.78 is 6.91. The molecule has 1 aromatic heterocycles. The number of rotatable bonds is 12. The number of amides is 1. The van der Waals surface area contributed by atoms with Gasteiger partial charge in [0.15, 0.2) is 5.16 Å². The van der Waals surface area contributed by atoms with E-state index in [9.17, 15) is 9.59 Å². The molecule has 7 heteroatoms. The lowest BCUT2D eigenvalue weighted by atomic mass is 10.0. The number of benzene rings is 1. The monoisotopic (exact) mass is 445 g/mol. The van der Waals surface area contributed by atoms with E-state index < -0.39 is 0 Å². The van der Waals surface area contributed by atoms with Gasteiger partial charge in [0, 0.05) is 32.2 Å². The van der Waals surface area contributed by atoms with E-state index in [1.54, 1.807) is 18.7 Å². The highest BCUT2D eigenvalue weighted by Gasteiger charge is 2.24. The maximum absolute atomic E-state index is 13.2. The second-order valence-corrected chi connectivity index (χ2v) is 9.02. The van der Waals surface area contributed by atoms with Crippen molar-refractivity contribution < 1.29 is 9.53 Å². The number of unbranched alkanes of at least 4 members (excludes halogenated alkanes) is 1. The van der Waals surface area contributed by atoms with Gasteiger partial charge in [-0.25, -0.2) is 4.98 Å². The fourth-order valence-electron chi connectivity index (χ4n) is 3.21. The zero-order chi connectivity index (χ0) is 22.8. The molecule has 1 N–H and O–H groups in total. The number of methoxy groups -OCH3 is 1. The number of aromatic nitrogens is 2. The van der Waals surface area contributed by atoms with Gasteiger partial charge in [-0.15, -0.1) is 0 Å². The summed E-state index contributed by atoms with van der Waals surface area (Å²) in [6, 6.07) is 9.99. The zero-order valence-electron chi connectivity index (χ0n) is 19.3. The summed E-state index contributed by atoms with van der Waals surface area (Å²) in [6.45, 7) is 6.41. The van der Waals surface area contributed by atoms with Gasteiger partial charge in [0.1, 0.15) is 0 Å². The molecule has 2 atom stereocenters. The molecule has 6 nitrogen and oxygen atoms in total. The van der Waals surface area contributed by atoms with E-state index >= 15 is 0 Å². The first-order valence-electron chi connectivity index (χ1n) is 11.0. The summed E-state index contributed by atoms with van der Waals surface area (Å²) in [6.07, 6.45) is 4.06. The van der Waals surface area contributed by atoms with Crippen molar-refractivity contribution in [1.29, 1.82) is 0 Å².